The minimum absolute atomic E-state index is 0.0267. The van der Waals surface area contributed by atoms with Crippen molar-refractivity contribution in [3.05, 3.63) is 59.5 Å². The maximum absolute atomic E-state index is 14.2. The van der Waals surface area contributed by atoms with Gasteiger partial charge in [0.1, 0.15) is 11.9 Å². The molecule has 1 aliphatic carbocycles. The molecular formula is C25H25F7N2O2S. The summed E-state index contributed by atoms with van der Waals surface area (Å²) in [6.07, 6.45) is -8.05. The normalized spacial score (nSPS) is 16.4. The van der Waals surface area contributed by atoms with Crippen molar-refractivity contribution in [2.75, 3.05) is 0 Å². The Balaban J connectivity index is 1.93. The maximum atomic E-state index is 14.2. The summed E-state index contributed by atoms with van der Waals surface area (Å²) in [7, 11) is -4.24. The zero-order valence-electron chi connectivity index (χ0n) is 20.1. The lowest BCUT2D eigenvalue weighted by Gasteiger charge is -2.22. The number of fused-ring (bicyclic) bond motifs is 1. The van der Waals surface area contributed by atoms with Gasteiger partial charge in [0.05, 0.1) is 10.8 Å². The van der Waals surface area contributed by atoms with Gasteiger partial charge in [-0.1, -0.05) is 32.9 Å². The molecule has 0 bridgehead atoms. The van der Waals surface area contributed by atoms with Crippen LogP contribution in [0.5, 0.6) is 0 Å². The first-order chi connectivity index (χ1) is 16.9. The molecule has 0 radical (unpaired) electrons. The Morgan fingerprint density at radius 2 is 1.65 bits per heavy atom. The van der Waals surface area contributed by atoms with E-state index in [-0.39, 0.29) is 41.4 Å². The first kappa shape index (κ1) is 27.4. The van der Waals surface area contributed by atoms with Crippen LogP contribution in [0.2, 0.25) is 0 Å². The quantitative estimate of drug-likeness (QED) is 0.330. The minimum Gasteiger partial charge on any atom is -0.347 e. The SMILES string of the molecule is CC(C)(C)Cn1cc(C(NS(=O)(=O)C2CC2)C(F)(F)F)c2ccc(-c3cc(F)ccc3C(F)(F)F)cc21. The summed E-state index contributed by atoms with van der Waals surface area (Å²) in [4.78, 5) is 0. The molecule has 2 aromatic carbocycles. The van der Waals surface area contributed by atoms with E-state index in [1.165, 1.54) is 29.0 Å². The predicted molar refractivity (Wildman–Crippen MR) is 126 cm³/mol. The zero-order chi connectivity index (χ0) is 27.6. The zero-order valence-corrected chi connectivity index (χ0v) is 21.0. The van der Waals surface area contributed by atoms with Gasteiger partial charge in [0.15, 0.2) is 0 Å². The molecule has 1 atom stereocenters. The maximum Gasteiger partial charge on any atom is 0.417 e. The van der Waals surface area contributed by atoms with Crippen molar-refractivity contribution < 1.29 is 39.2 Å². The van der Waals surface area contributed by atoms with Crippen molar-refractivity contribution in [1.29, 1.82) is 0 Å². The topological polar surface area (TPSA) is 51.1 Å². The molecule has 1 aromatic heterocycles. The van der Waals surface area contributed by atoms with Gasteiger partial charge in [0, 0.05) is 29.2 Å². The van der Waals surface area contributed by atoms with Crippen LogP contribution >= 0.6 is 0 Å². The number of sulfonamides is 1. The molecule has 0 saturated heterocycles. The molecule has 37 heavy (non-hydrogen) atoms. The van der Waals surface area contributed by atoms with E-state index in [9.17, 15) is 39.2 Å². The van der Waals surface area contributed by atoms with Crippen LogP contribution < -0.4 is 4.72 Å². The number of rotatable bonds is 6. The number of hydrogen-bond donors (Lipinski definition) is 1. The predicted octanol–water partition coefficient (Wildman–Crippen LogP) is 7.20. The van der Waals surface area contributed by atoms with Gasteiger partial charge in [-0.2, -0.15) is 31.1 Å². The summed E-state index contributed by atoms with van der Waals surface area (Å²) in [5.74, 6) is -0.902. The van der Waals surface area contributed by atoms with Gasteiger partial charge in [-0.15, -0.1) is 0 Å². The second-order valence-corrected chi connectivity index (χ2v) is 12.5. The molecule has 1 heterocycles. The number of alkyl halides is 6. The van der Waals surface area contributed by atoms with Crippen molar-refractivity contribution >= 4 is 20.9 Å². The Hall–Kier alpha value is -2.60. The van der Waals surface area contributed by atoms with Crippen LogP contribution in [0.15, 0.2) is 42.6 Å². The lowest BCUT2D eigenvalue weighted by molar-refractivity contribution is -0.152. The summed E-state index contributed by atoms with van der Waals surface area (Å²) in [6.45, 7) is 5.66. The van der Waals surface area contributed by atoms with Gasteiger partial charge >= 0.3 is 12.4 Å². The van der Waals surface area contributed by atoms with Crippen molar-refractivity contribution in [3.63, 3.8) is 0 Å². The summed E-state index contributed by atoms with van der Waals surface area (Å²) >= 11 is 0. The number of nitrogens with zero attached hydrogens (tertiary/aromatic N) is 1. The summed E-state index contributed by atoms with van der Waals surface area (Å²) in [5.41, 5.74) is -2.23. The molecule has 12 heteroatoms. The van der Waals surface area contributed by atoms with Crippen LogP contribution in [0.4, 0.5) is 30.7 Å². The monoisotopic (exact) mass is 550 g/mol. The highest BCUT2D eigenvalue weighted by Crippen LogP contribution is 2.43. The minimum atomic E-state index is -4.98. The van der Waals surface area contributed by atoms with Crippen molar-refractivity contribution in [3.8, 4) is 11.1 Å². The Morgan fingerprint density at radius 1 is 1.00 bits per heavy atom. The second-order valence-electron chi connectivity index (χ2n) is 10.5. The fourth-order valence-electron chi connectivity index (χ4n) is 4.31. The molecule has 1 N–H and O–H groups in total. The van der Waals surface area contributed by atoms with Crippen LogP contribution in [-0.2, 0) is 22.7 Å². The van der Waals surface area contributed by atoms with Crippen LogP contribution in [-0.4, -0.2) is 24.4 Å². The lowest BCUT2D eigenvalue weighted by atomic mass is 9.96. The number of nitrogens with one attached hydrogen (secondary N) is 1. The standard InChI is InChI=1S/C25H25F7N2O2S/c1-23(2,3)13-34-12-19(22(25(30,31)32)33-37(35,36)16-6-7-16)17-8-4-14(10-21(17)34)18-11-15(26)5-9-20(18)24(27,28)29/h4-5,8-12,16,22,33H,6-7,13H2,1-3H3. The molecular weight excluding hydrogens is 525 g/mol. The van der Waals surface area contributed by atoms with E-state index >= 15 is 0 Å². The molecule has 1 saturated carbocycles. The van der Waals surface area contributed by atoms with Crippen LogP contribution in [0.1, 0.15) is 50.8 Å². The number of benzene rings is 2. The Bertz CT molecular complexity index is 1430. The van der Waals surface area contributed by atoms with Gasteiger partial charge in [-0.25, -0.2) is 12.8 Å². The molecule has 0 spiro atoms. The molecule has 0 amide bonds. The highest BCUT2D eigenvalue weighted by molar-refractivity contribution is 7.90. The molecule has 1 unspecified atom stereocenters. The van der Waals surface area contributed by atoms with Crippen LogP contribution in [0, 0.1) is 11.2 Å². The molecule has 1 aliphatic rings. The fraction of sp³-hybridized carbons (Fsp3) is 0.440. The van der Waals surface area contributed by atoms with E-state index in [0.29, 0.717) is 12.1 Å². The molecule has 0 aliphatic heterocycles. The second kappa shape index (κ2) is 9.00. The van der Waals surface area contributed by atoms with E-state index in [2.05, 4.69) is 0 Å². The molecule has 1 fully saturated rings. The number of hydrogen-bond acceptors (Lipinski definition) is 2. The van der Waals surface area contributed by atoms with E-state index in [1.807, 2.05) is 20.8 Å². The summed E-state index contributed by atoms with van der Waals surface area (Å²) in [5, 5.41) is -0.862. The smallest absolute Gasteiger partial charge is 0.347 e. The number of halogens is 7. The third kappa shape index (κ3) is 5.95. The lowest BCUT2D eigenvalue weighted by Crippen LogP contribution is -2.39. The fourth-order valence-corrected chi connectivity index (χ4v) is 5.85. The largest absolute Gasteiger partial charge is 0.417 e. The van der Waals surface area contributed by atoms with Crippen molar-refractivity contribution in [2.24, 2.45) is 5.41 Å². The third-order valence-corrected chi connectivity index (χ3v) is 7.95. The van der Waals surface area contributed by atoms with Gasteiger partial charge in [-0.3, -0.25) is 0 Å². The molecule has 4 nitrogen and oxygen atoms in total. The average Bonchev–Trinajstić information content (AvgIpc) is 3.54. The third-order valence-electron chi connectivity index (χ3n) is 6.04. The van der Waals surface area contributed by atoms with Crippen LogP contribution in [0.3, 0.4) is 0 Å². The Morgan fingerprint density at radius 3 is 2.19 bits per heavy atom. The average molecular weight is 551 g/mol. The van der Waals surface area contributed by atoms with E-state index in [4.69, 9.17) is 0 Å². The van der Waals surface area contributed by atoms with Gasteiger partial charge in [0.2, 0.25) is 10.0 Å². The van der Waals surface area contributed by atoms with E-state index in [0.717, 1.165) is 6.07 Å². The van der Waals surface area contributed by atoms with E-state index < -0.39 is 56.0 Å². The summed E-state index contributed by atoms with van der Waals surface area (Å²) in [6, 6.07) is 3.15. The highest BCUT2D eigenvalue weighted by atomic mass is 32.2. The number of aromatic nitrogens is 1. The first-order valence-electron chi connectivity index (χ1n) is 11.4. The molecule has 4 rings (SSSR count). The Labute approximate surface area is 209 Å². The van der Waals surface area contributed by atoms with Crippen LogP contribution in [0.25, 0.3) is 22.0 Å². The van der Waals surface area contributed by atoms with Gasteiger partial charge in [0.25, 0.3) is 0 Å². The van der Waals surface area contributed by atoms with Crippen molar-refractivity contribution in [2.45, 2.75) is 63.8 Å². The Kier molecular flexibility index (Phi) is 6.68. The highest BCUT2D eigenvalue weighted by Gasteiger charge is 2.48. The van der Waals surface area contributed by atoms with Gasteiger partial charge < -0.3 is 4.57 Å². The summed E-state index contributed by atoms with van der Waals surface area (Å²) < 4.78 is 125. The van der Waals surface area contributed by atoms with E-state index in [1.54, 1.807) is 4.72 Å². The first-order valence-corrected chi connectivity index (χ1v) is 13.0. The van der Waals surface area contributed by atoms with Crippen molar-refractivity contribution in [1.82, 2.24) is 9.29 Å². The molecule has 3 aromatic rings. The van der Waals surface area contributed by atoms with Gasteiger partial charge in [-0.05, 0) is 53.6 Å². The molecule has 202 valence electrons.